The number of alkyl carbamates (subject to hydrolysis) is 1. The lowest BCUT2D eigenvalue weighted by molar-refractivity contribution is -0.161. The highest BCUT2D eigenvalue weighted by Crippen LogP contribution is 2.39. The smallest absolute Gasteiger partial charge is 0.407 e. The zero-order valence-corrected chi connectivity index (χ0v) is 25.3. The van der Waals surface area contributed by atoms with Gasteiger partial charge in [-0.15, -0.1) is 11.3 Å². The number of Topliss-reactive ketones (excluding diaryl/α,β-unsaturated/α-hetero) is 1. The summed E-state index contributed by atoms with van der Waals surface area (Å²) < 4.78 is 19.6. The summed E-state index contributed by atoms with van der Waals surface area (Å²) in [5.41, 5.74) is 0.745. The molecule has 2 N–H and O–H groups in total. The van der Waals surface area contributed by atoms with E-state index in [2.05, 4.69) is 30.2 Å². The van der Waals surface area contributed by atoms with Crippen molar-refractivity contribution in [2.75, 3.05) is 19.5 Å². The van der Waals surface area contributed by atoms with E-state index in [1.54, 1.807) is 12.3 Å². The second-order valence-electron chi connectivity index (χ2n) is 10.6. The van der Waals surface area contributed by atoms with E-state index in [0.717, 1.165) is 29.8 Å². The number of ether oxygens (including phenoxy) is 3. The number of aryl methyl sites for hydroxylation is 1. The van der Waals surface area contributed by atoms with Crippen molar-refractivity contribution in [3.8, 4) is 0 Å². The van der Waals surface area contributed by atoms with Crippen molar-refractivity contribution in [2.24, 2.45) is 11.8 Å². The van der Waals surface area contributed by atoms with Crippen LogP contribution in [0.15, 0.2) is 16.8 Å². The first-order chi connectivity index (χ1) is 20.0. The van der Waals surface area contributed by atoms with E-state index in [9.17, 15) is 24.0 Å². The highest BCUT2D eigenvalue weighted by atomic mass is 32.1. The number of carbonyl (C=O) groups is 5. The van der Waals surface area contributed by atoms with Crippen LogP contribution in [-0.2, 0) is 39.8 Å². The van der Waals surface area contributed by atoms with Crippen molar-refractivity contribution in [1.82, 2.24) is 15.5 Å². The minimum Gasteiger partial charge on any atom is -0.468 e. The Labute approximate surface area is 248 Å². The average molecular weight is 607 g/mol. The van der Waals surface area contributed by atoms with E-state index in [4.69, 9.17) is 9.26 Å². The molecule has 0 saturated heterocycles. The van der Waals surface area contributed by atoms with Gasteiger partial charge < -0.3 is 29.4 Å². The first-order valence-electron chi connectivity index (χ1n) is 13.8. The number of rotatable bonds is 9. The number of carbonyl (C=O) groups excluding carboxylic acids is 5. The van der Waals surface area contributed by atoms with Crippen LogP contribution in [0.2, 0.25) is 0 Å². The number of hydrogen-bond donors (Lipinski definition) is 2. The number of amides is 2. The Morgan fingerprint density at radius 3 is 2.40 bits per heavy atom. The number of methoxy groups -OCH3 is 2. The lowest BCUT2D eigenvalue weighted by atomic mass is 9.91. The summed E-state index contributed by atoms with van der Waals surface area (Å²) in [6, 6.07) is 1.80. The second kappa shape index (κ2) is 15.4. The third kappa shape index (κ3) is 9.64. The van der Waals surface area contributed by atoms with Crippen molar-refractivity contribution in [3.63, 3.8) is 0 Å². The molecule has 2 aliphatic carbocycles. The SMILES string of the molecule is COC(=O)C(C(=O)OC)C1CCC(=O)C1.Cc1cc(CC(=O)Nc2ncc([C@H]3CC[C@@H](OC(=O)NC(C)C)C3)s2)on1. The highest BCUT2D eigenvalue weighted by molar-refractivity contribution is 7.15. The molecule has 0 radical (unpaired) electrons. The number of nitrogens with one attached hydrogen (secondary N) is 2. The molecular formula is C28H38N4O9S. The molecule has 2 saturated carbocycles. The van der Waals surface area contributed by atoms with E-state index < -0.39 is 17.9 Å². The minimum absolute atomic E-state index is 0.0586. The van der Waals surface area contributed by atoms with Gasteiger partial charge in [-0.25, -0.2) is 9.78 Å². The molecule has 0 aromatic carbocycles. The molecule has 2 aromatic heterocycles. The van der Waals surface area contributed by atoms with E-state index in [-0.39, 0.29) is 48.7 Å². The van der Waals surface area contributed by atoms with Gasteiger partial charge in [0.25, 0.3) is 0 Å². The lowest BCUT2D eigenvalue weighted by Crippen LogP contribution is -2.33. The molecule has 2 amide bonds. The quantitative estimate of drug-likeness (QED) is 0.242. The van der Waals surface area contributed by atoms with Crippen LogP contribution in [-0.4, -0.2) is 66.2 Å². The molecule has 13 nitrogen and oxygen atoms in total. The number of hydrogen-bond acceptors (Lipinski definition) is 12. The number of thiazole rings is 1. The molecule has 4 rings (SSSR count). The number of anilines is 1. The molecule has 2 heterocycles. The van der Waals surface area contributed by atoms with Gasteiger partial charge in [0.2, 0.25) is 5.91 Å². The standard InChI is InChI=1S/C18H24N4O4S.C10H14O5/c1-10(2)20-18(24)25-13-5-4-12(7-13)15-9-19-17(27-15)21-16(23)8-14-6-11(3)22-26-14;1-14-9(12)8(10(13)15-2)6-3-4-7(11)5-6/h6,9-10,12-13H,4-5,7-8H2,1-3H3,(H,20,24)(H,19,21,23);6,8H,3-5H2,1-2H3/t12-,13+;/m0./s1. The summed E-state index contributed by atoms with van der Waals surface area (Å²) in [4.78, 5) is 63.0. The maximum absolute atomic E-state index is 12.1. The van der Waals surface area contributed by atoms with Gasteiger partial charge in [-0.3, -0.25) is 19.2 Å². The van der Waals surface area contributed by atoms with Gasteiger partial charge in [-0.2, -0.15) is 0 Å². The van der Waals surface area contributed by atoms with E-state index in [0.29, 0.717) is 29.7 Å². The Bertz CT molecular complexity index is 1240. The molecule has 42 heavy (non-hydrogen) atoms. The molecule has 0 aliphatic heterocycles. The fraction of sp³-hybridized carbons (Fsp3) is 0.607. The molecule has 2 fully saturated rings. The van der Waals surface area contributed by atoms with Crippen LogP contribution in [0.1, 0.15) is 74.6 Å². The third-order valence-corrected chi connectivity index (χ3v) is 7.99. The number of nitrogens with zero attached hydrogens (tertiary/aromatic N) is 2. The van der Waals surface area contributed by atoms with Gasteiger partial charge in [-0.1, -0.05) is 5.16 Å². The molecule has 3 atom stereocenters. The molecule has 1 unspecified atom stereocenters. The third-order valence-electron chi connectivity index (χ3n) is 6.91. The summed E-state index contributed by atoms with van der Waals surface area (Å²) in [7, 11) is 2.43. The maximum atomic E-state index is 12.1. The van der Waals surface area contributed by atoms with Gasteiger partial charge in [-0.05, 0) is 58.3 Å². The number of aromatic nitrogens is 2. The number of ketones is 1. The zero-order chi connectivity index (χ0) is 30.8. The minimum atomic E-state index is -0.952. The Hall–Kier alpha value is -3.81. The Morgan fingerprint density at radius 1 is 1.12 bits per heavy atom. The van der Waals surface area contributed by atoms with Crippen molar-refractivity contribution in [3.05, 3.63) is 28.6 Å². The van der Waals surface area contributed by atoms with Crippen LogP contribution in [0.3, 0.4) is 0 Å². The van der Waals surface area contributed by atoms with Crippen molar-refractivity contribution < 1.29 is 42.7 Å². The molecule has 0 bridgehead atoms. The van der Waals surface area contributed by atoms with Crippen LogP contribution in [0.25, 0.3) is 0 Å². The monoisotopic (exact) mass is 606 g/mol. The van der Waals surface area contributed by atoms with Gasteiger partial charge in [0.15, 0.2) is 11.0 Å². The first kappa shape index (κ1) is 32.7. The van der Waals surface area contributed by atoms with E-state index in [1.807, 2.05) is 20.8 Å². The predicted molar refractivity (Wildman–Crippen MR) is 151 cm³/mol. The summed E-state index contributed by atoms with van der Waals surface area (Å²) in [6.45, 7) is 5.61. The van der Waals surface area contributed by atoms with Crippen molar-refractivity contribution in [2.45, 2.75) is 83.8 Å². The van der Waals surface area contributed by atoms with Gasteiger partial charge >= 0.3 is 18.0 Å². The topological polar surface area (TPSA) is 176 Å². The van der Waals surface area contributed by atoms with Crippen molar-refractivity contribution >= 4 is 46.2 Å². The maximum Gasteiger partial charge on any atom is 0.407 e. The highest BCUT2D eigenvalue weighted by Gasteiger charge is 2.40. The molecule has 14 heteroatoms. The Balaban J connectivity index is 0.000000274. The normalized spacial score (nSPS) is 19.7. The van der Waals surface area contributed by atoms with Crippen LogP contribution >= 0.6 is 11.3 Å². The predicted octanol–water partition coefficient (Wildman–Crippen LogP) is 3.71. The van der Waals surface area contributed by atoms with Crippen LogP contribution in [0, 0.1) is 18.8 Å². The first-order valence-corrected chi connectivity index (χ1v) is 14.6. The Kier molecular flexibility index (Phi) is 12.0. The average Bonchev–Trinajstić information content (AvgIpc) is 3.73. The molecule has 0 spiro atoms. The summed E-state index contributed by atoms with van der Waals surface area (Å²) in [5, 5.41) is 9.87. The van der Waals surface area contributed by atoms with Gasteiger partial charge in [0, 0.05) is 36.0 Å². The van der Waals surface area contributed by atoms with E-state index >= 15 is 0 Å². The lowest BCUT2D eigenvalue weighted by Gasteiger charge is -2.17. The molecular weight excluding hydrogens is 568 g/mol. The zero-order valence-electron chi connectivity index (χ0n) is 24.5. The fourth-order valence-corrected chi connectivity index (χ4v) is 5.92. The van der Waals surface area contributed by atoms with Crippen LogP contribution in [0.5, 0.6) is 0 Å². The number of esters is 2. The second-order valence-corrected chi connectivity index (χ2v) is 11.7. The molecule has 2 aromatic rings. The molecule has 2 aliphatic rings. The summed E-state index contributed by atoms with van der Waals surface area (Å²) in [5.74, 6) is -1.76. The summed E-state index contributed by atoms with van der Waals surface area (Å²) in [6.07, 6.45) is 5.25. The fourth-order valence-electron chi connectivity index (χ4n) is 4.94. The van der Waals surface area contributed by atoms with Gasteiger partial charge in [0.1, 0.15) is 17.6 Å². The summed E-state index contributed by atoms with van der Waals surface area (Å²) >= 11 is 1.46. The Morgan fingerprint density at radius 2 is 1.83 bits per heavy atom. The van der Waals surface area contributed by atoms with E-state index in [1.165, 1.54) is 25.6 Å². The largest absolute Gasteiger partial charge is 0.468 e. The molecule has 230 valence electrons. The van der Waals surface area contributed by atoms with Crippen LogP contribution in [0.4, 0.5) is 9.93 Å². The van der Waals surface area contributed by atoms with Crippen molar-refractivity contribution in [1.29, 1.82) is 0 Å². The van der Waals surface area contributed by atoms with Gasteiger partial charge in [0.05, 0.1) is 26.3 Å². The van der Waals surface area contributed by atoms with Crippen LogP contribution < -0.4 is 10.6 Å².